The number of morpholine rings is 1. The Labute approximate surface area is 166 Å². The van der Waals surface area contributed by atoms with Gasteiger partial charge in [-0.05, 0) is 24.0 Å². The molecule has 1 fully saturated rings. The first kappa shape index (κ1) is 20.2. The Hall–Kier alpha value is -2.51. The summed E-state index contributed by atoms with van der Waals surface area (Å²) in [6, 6.07) is 6.24. The smallest absolute Gasteiger partial charge is 0.271 e. The second-order valence-corrected chi connectivity index (χ2v) is 7.32. The molecular formula is C21H29N5O2. The fraction of sp³-hybridized carbons (Fsp3) is 0.476. The molecular weight excluding hydrogens is 354 g/mol. The summed E-state index contributed by atoms with van der Waals surface area (Å²) in [5.74, 6) is 0.819. The molecule has 1 aliphatic heterocycles. The third-order valence-corrected chi connectivity index (χ3v) is 4.88. The van der Waals surface area contributed by atoms with Gasteiger partial charge in [-0.2, -0.15) is 0 Å². The Morgan fingerprint density at radius 2 is 2.00 bits per heavy atom. The average Bonchev–Trinajstić information content (AvgIpc) is 2.70. The summed E-state index contributed by atoms with van der Waals surface area (Å²) < 4.78 is 5.32. The largest absolute Gasteiger partial charge is 0.379 e. The van der Waals surface area contributed by atoms with Crippen LogP contribution in [-0.2, 0) is 4.74 Å². The number of carbonyl (C=O) groups is 1. The number of hydrogen-bond acceptors (Lipinski definition) is 6. The van der Waals surface area contributed by atoms with Gasteiger partial charge in [0.1, 0.15) is 11.5 Å². The van der Waals surface area contributed by atoms with Crippen LogP contribution >= 0.6 is 0 Å². The van der Waals surface area contributed by atoms with Crippen molar-refractivity contribution in [3.8, 4) is 0 Å². The maximum atomic E-state index is 12.3. The highest BCUT2D eigenvalue weighted by atomic mass is 16.5. The van der Waals surface area contributed by atoms with Gasteiger partial charge in [0.15, 0.2) is 0 Å². The van der Waals surface area contributed by atoms with E-state index in [2.05, 4.69) is 64.5 Å². The van der Waals surface area contributed by atoms with Gasteiger partial charge in [0.2, 0.25) is 0 Å². The van der Waals surface area contributed by atoms with Crippen LogP contribution in [0, 0.1) is 6.92 Å². The average molecular weight is 383 g/mol. The Morgan fingerprint density at radius 3 is 2.68 bits per heavy atom. The third-order valence-electron chi connectivity index (χ3n) is 4.88. The van der Waals surface area contributed by atoms with Crippen LogP contribution in [0.2, 0.25) is 0 Å². The molecule has 0 unspecified atom stereocenters. The Kier molecular flexibility index (Phi) is 6.95. The molecule has 1 aromatic heterocycles. The maximum Gasteiger partial charge on any atom is 0.271 e. The highest BCUT2D eigenvalue weighted by Crippen LogP contribution is 2.29. The fourth-order valence-corrected chi connectivity index (χ4v) is 3.22. The molecule has 0 radical (unpaired) electrons. The molecule has 0 atom stereocenters. The molecule has 0 aliphatic carbocycles. The lowest BCUT2D eigenvalue weighted by Gasteiger charge is -2.26. The molecule has 7 heteroatoms. The van der Waals surface area contributed by atoms with E-state index >= 15 is 0 Å². The van der Waals surface area contributed by atoms with Crippen molar-refractivity contribution in [2.45, 2.75) is 26.7 Å². The molecule has 1 saturated heterocycles. The standard InChI is InChI=1S/C21H29N5O2/c1-15(2)17-6-4-5-16(3)20(17)25-19-14-23-18(13-24-19)21(27)22-7-8-26-9-11-28-12-10-26/h4-6,13-15H,7-12H2,1-3H3,(H,22,27)(H,24,25). The Morgan fingerprint density at radius 1 is 1.21 bits per heavy atom. The summed E-state index contributed by atoms with van der Waals surface area (Å²) >= 11 is 0. The summed E-state index contributed by atoms with van der Waals surface area (Å²) in [6.45, 7) is 11.1. The molecule has 2 aromatic rings. The number of hydrogen-bond donors (Lipinski definition) is 2. The summed E-state index contributed by atoms with van der Waals surface area (Å²) in [5, 5.41) is 6.25. The van der Waals surface area contributed by atoms with E-state index in [0.29, 0.717) is 24.0 Å². The first-order chi connectivity index (χ1) is 13.5. The molecule has 7 nitrogen and oxygen atoms in total. The van der Waals surface area contributed by atoms with Crippen molar-refractivity contribution >= 4 is 17.4 Å². The molecule has 150 valence electrons. The topological polar surface area (TPSA) is 79.4 Å². The van der Waals surface area contributed by atoms with E-state index in [9.17, 15) is 4.79 Å². The molecule has 1 amide bonds. The minimum atomic E-state index is -0.203. The molecule has 28 heavy (non-hydrogen) atoms. The molecule has 3 rings (SSSR count). The predicted molar refractivity (Wildman–Crippen MR) is 110 cm³/mol. The van der Waals surface area contributed by atoms with E-state index < -0.39 is 0 Å². The predicted octanol–water partition coefficient (Wildman–Crippen LogP) is 2.71. The molecule has 0 bridgehead atoms. The number of para-hydroxylation sites is 1. The number of ether oxygens (including phenoxy) is 1. The van der Waals surface area contributed by atoms with Gasteiger partial charge in [0.25, 0.3) is 5.91 Å². The summed E-state index contributed by atoms with van der Waals surface area (Å²) in [5.41, 5.74) is 3.75. The van der Waals surface area contributed by atoms with Crippen LogP contribution in [0.3, 0.4) is 0 Å². The van der Waals surface area contributed by atoms with Crippen LogP contribution < -0.4 is 10.6 Å². The quantitative estimate of drug-likeness (QED) is 0.765. The van der Waals surface area contributed by atoms with E-state index in [4.69, 9.17) is 4.74 Å². The van der Waals surface area contributed by atoms with Crippen LogP contribution in [0.25, 0.3) is 0 Å². The van der Waals surface area contributed by atoms with E-state index in [1.807, 2.05) is 0 Å². The Balaban J connectivity index is 1.57. The van der Waals surface area contributed by atoms with Crippen molar-refractivity contribution in [1.29, 1.82) is 0 Å². The highest BCUT2D eigenvalue weighted by molar-refractivity contribution is 5.92. The Bertz CT molecular complexity index is 786. The van der Waals surface area contributed by atoms with E-state index in [1.54, 1.807) is 6.20 Å². The van der Waals surface area contributed by atoms with E-state index in [1.165, 1.54) is 11.8 Å². The minimum absolute atomic E-state index is 0.203. The molecule has 1 aliphatic rings. The number of anilines is 2. The highest BCUT2D eigenvalue weighted by Gasteiger charge is 2.13. The van der Waals surface area contributed by atoms with Crippen molar-refractivity contribution in [3.05, 3.63) is 47.4 Å². The number of rotatable bonds is 7. The lowest BCUT2D eigenvalue weighted by molar-refractivity contribution is 0.0383. The zero-order valence-corrected chi connectivity index (χ0v) is 16.9. The normalized spacial score (nSPS) is 14.9. The van der Waals surface area contributed by atoms with Crippen LogP contribution in [0.15, 0.2) is 30.6 Å². The van der Waals surface area contributed by atoms with E-state index in [-0.39, 0.29) is 5.91 Å². The van der Waals surface area contributed by atoms with Gasteiger partial charge >= 0.3 is 0 Å². The molecule has 2 N–H and O–H groups in total. The van der Waals surface area contributed by atoms with Crippen molar-refractivity contribution in [2.24, 2.45) is 0 Å². The number of aryl methyl sites for hydroxylation is 1. The number of aromatic nitrogens is 2. The number of nitrogens with one attached hydrogen (secondary N) is 2. The number of carbonyl (C=O) groups excluding carboxylic acids is 1. The lowest BCUT2D eigenvalue weighted by atomic mass is 9.98. The second kappa shape index (κ2) is 9.61. The summed E-state index contributed by atoms with van der Waals surface area (Å²) in [6.07, 6.45) is 3.12. The van der Waals surface area contributed by atoms with Crippen molar-refractivity contribution in [3.63, 3.8) is 0 Å². The van der Waals surface area contributed by atoms with Gasteiger partial charge in [0, 0.05) is 31.9 Å². The molecule has 1 aromatic carbocycles. The van der Waals surface area contributed by atoms with Crippen LogP contribution in [0.5, 0.6) is 0 Å². The molecule has 2 heterocycles. The first-order valence-corrected chi connectivity index (χ1v) is 9.81. The SMILES string of the molecule is Cc1cccc(C(C)C)c1Nc1cnc(C(=O)NCCN2CCOCC2)cn1. The molecule has 0 spiro atoms. The van der Waals surface area contributed by atoms with Gasteiger partial charge in [0.05, 0.1) is 25.6 Å². The van der Waals surface area contributed by atoms with Gasteiger partial charge < -0.3 is 15.4 Å². The van der Waals surface area contributed by atoms with Gasteiger partial charge in [-0.15, -0.1) is 0 Å². The van der Waals surface area contributed by atoms with Gasteiger partial charge in [-0.25, -0.2) is 9.97 Å². The number of benzene rings is 1. The van der Waals surface area contributed by atoms with Gasteiger partial charge in [-0.1, -0.05) is 32.0 Å². The zero-order chi connectivity index (χ0) is 19.9. The number of amides is 1. The summed E-state index contributed by atoms with van der Waals surface area (Å²) in [7, 11) is 0. The van der Waals surface area contributed by atoms with Crippen molar-refractivity contribution in [2.75, 3.05) is 44.7 Å². The fourth-order valence-electron chi connectivity index (χ4n) is 3.22. The lowest BCUT2D eigenvalue weighted by Crippen LogP contribution is -2.41. The van der Waals surface area contributed by atoms with Crippen molar-refractivity contribution in [1.82, 2.24) is 20.2 Å². The van der Waals surface area contributed by atoms with Crippen LogP contribution in [0.4, 0.5) is 11.5 Å². The monoisotopic (exact) mass is 383 g/mol. The number of nitrogens with zero attached hydrogens (tertiary/aromatic N) is 3. The van der Waals surface area contributed by atoms with Gasteiger partial charge in [-0.3, -0.25) is 9.69 Å². The minimum Gasteiger partial charge on any atom is -0.379 e. The maximum absolute atomic E-state index is 12.3. The molecule has 0 saturated carbocycles. The van der Waals surface area contributed by atoms with E-state index in [0.717, 1.165) is 44.1 Å². The zero-order valence-electron chi connectivity index (χ0n) is 16.9. The van der Waals surface area contributed by atoms with Crippen molar-refractivity contribution < 1.29 is 9.53 Å². The van der Waals surface area contributed by atoms with Crippen LogP contribution in [0.1, 0.15) is 41.4 Å². The second-order valence-electron chi connectivity index (χ2n) is 7.32. The first-order valence-electron chi connectivity index (χ1n) is 9.81. The third kappa shape index (κ3) is 5.27. The summed E-state index contributed by atoms with van der Waals surface area (Å²) in [4.78, 5) is 23.2. The van der Waals surface area contributed by atoms with Crippen LogP contribution in [-0.4, -0.2) is 60.2 Å².